The summed E-state index contributed by atoms with van der Waals surface area (Å²) in [6.45, 7) is 1.37. The maximum Gasteiger partial charge on any atom is 0.252 e. The third-order valence-corrected chi connectivity index (χ3v) is 5.50. The highest BCUT2D eigenvalue weighted by Gasteiger charge is 2.29. The van der Waals surface area contributed by atoms with E-state index in [0.29, 0.717) is 43.4 Å². The summed E-state index contributed by atoms with van der Waals surface area (Å²) in [5.41, 5.74) is 1.06. The molecule has 2 N–H and O–H groups in total. The molecule has 0 aromatic heterocycles. The number of ether oxygens (including phenoxy) is 3. The molecule has 1 aliphatic heterocycles. The summed E-state index contributed by atoms with van der Waals surface area (Å²) in [5, 5.41) is 12.4. The number of aliphatic hydroxyl groups is 1. The minimum Gasteiger partial charge on any atom is -0.493 e. The lowest BCUT2D eigenvalue weighted by Crippen LogP contribution is -2.56. The molecular weight excluding hydrogens is 433 g/mol. The predicted molar refractivity (Wildman–Crippen MR) is 120 cm³/mol. The summed E-state index contributed by atoms with van der Waals surface area (Å²) in [7, 11) is 4.33. The smallest absolute Gasteiger partial charge is 0.252 e. The first-order chi connectivity index (χ1) is 15.9. The van der Waals surface area contributed by atoms with Gasteiger partial charge in [-0.2, -0.15) is 0 Å². The van der Waals surface area contributed by atoms with Crippen LogP contribution in [0.25, 0.3) is 0 Å². The van der Waals surface area contributed by atoms with Crippen LogP contribution in [-0.2, 0) is 4.79 Å². The number of amides is 2. The molecule has 1 unspecified atom stereocenters. The van der Waals surface area contributed by atoms with Crippen LogP contribution in [0.15, 0.2) is 36.4 Å². The van der Waals surface area contributed by atoms with E-state index >= 15 is 0 Å². The van der Waals surface area contributed by atoms with Crippen LogP contribution < -0.4 is 24.4 Å². The zero-order chi connectivity index (χ0) is 24.0. The van der Waals surface area contributed by atoms with E-state index in [4.69, 9.17) is 14.2 Å². The molecule has 10 heteroatoms. The summed E-state index contributed by atoms with van der Waals surface area (Å²) >= 11 is 0. The van der Waals surface area contributed by atoms with Gasteiger partial charge in [0.25, 0.3) is 5.91 Å². The van der Waals surface area contributed by atoms with Crippen molar-refractivity contribution in [3.05, 3.63) is 47.8 Å². The summed E-state index contributed by atoms with van der Waals surface area (Å²) in [4.78, 5) is 29.4. The number of piperazine rings is 1. The molecule has 1 heterocycles. The first kappa shape index (κ1) is 24.1. The lowest BCUT2D eigenvalue weighted by Gasteiger charge is -2.37. The van der Waals surface area contributed by atoms with Gasteiger partial charge in [-0.05, 0) is 36.4 Å². The van der Waals surface area contributed by atoms with Crippen LogP contribution in [0, 0.1) is 5.82 Å². The maximum absolute atomic E-state index is 13.1. The second kappa shape index (κ2) is 10.9. The zero-order valence-corrected chi connectivity index (χ0v) is 18.8. The molecule has 3 rings (SSSR count). The average Bonchev–Trinajstić information content (AvgIpc) is 2.86. The molecule has 0 radical (unpaired) electrons. The summed E-state index contributed by atoms with van der Waals surface area (Å²) in [6.07, 6.45) is 0. The molecule has 0 aliphatic carbocycles. The molecular formula is C23H28FN3O6. The molecule has 33 heavy (non-hydrogen) atoms. The maximum atomic E-state index is 13.1. The Hall–Kier alpha value is -3.53. The summed E-state index contributed by atoms with van der Waals surface area (Å²) in [5.74, 6) is -0.313. The molecule has 1 atom stereocenters. The quantitative estimate of drug-likeness (QED) is 0.611. The minimum absolute atomic E-state index is 0.192. The fourth-order valence-electron chi connectivity index (χ4n) is 3.70. The predicted octanol–water partition coefficient (Wildman–Crippen LogP) is 1.29. The van der Waals surface area contributed by atoms with E-state index in [1.54, 1.807) is 17.0 Å². The van der Waals surface area contributed by atoms with Gasteiger partial charge in [0.05, 0.1) is 27.9 Å². The van der Waals surface area contributed by atoms with Crippen molar-refractivity contribution in [2.75, 3.05) is 59.0 Å². The first-order valence-corrected chi connectivity index (χ1v) is 10.4. The highest BCUT2D eigenvalue weighted by Crippen LogP contribution is 2.38. The van der Waals surface area contributed by atoms with Gasteiger partial charge in [-0.15, -0.1) is 0 Å². The van der Waals surface area contributed by atoms with Crippen LogP contribution in [-0.4, -0.2) is 82.0 Å². The number of hydrogen-bond acceptors (Lipinski definition) is 7. The van der Waals surface area contributed by atoms with Gasteiger partial charge in [0.15, 0.2) is 11.5 Å². The number of nitrogens with zero attached hydrogens (tertiary/aromatic N) is 2. The number of hydrogen-bond donors (Lipinski definition) is 2. The monoisotopic (exact) mass is 461 g/mol. The summed E-state index contributed by atoms with van der Waals surface area (Å²) < 4.78 is 28.9. The van der Waals surface area contributed by atoms with Crippen LogP contribution in [0.5, 0.6) is 17.2 Å². The number of nitrogens with one attached hydrogen (secondary N) is 1. The number of anilines is 1. The normalized spacial score (nSPS) is 14.5. The van der Waals surface area contributed by atoms with Crippen LogP contribution in [0.4, 0.5) is 10.1 Å². The second-order valence-corrected chi connectivity index (χ2v) is 7.41. The summed E-state index contributed by atoms with van der Waals surface area (Å²) in [6, 6.07) is 8.02. The third kappa shape index (κ3) is 5.46. The Morgan fingerprint density at radius 3 is 2.06 bits per heavy atom. The van der Waals surface area contributed by atoms with Gasteiger partial charge in [-0.25, -0.2) is 4.39 Å². The Labute approximate surface area is 191 Å². The number of carbonyl (C=O) groups excluding carboxylic acids is 2. The van der Waals surface area contributed by atoms with E-state index in [9.17, 15) is 19.1 Å². The van der Waals surface area contributed by atoms with Crippen molar-refractivity contribution in [3.8, 4) is 17.2 Å². The van der Waals surface area contributed by atoms with Gasteiger partial charge >= 0.3 is 0 Å². The van der Waals surface area contributed by atoms with E-state index in [1.807, 2.05) is 4.90 Å². The number of methoxy groups -OCH3 is 3. The highest BCUT2D eigenvalue weighted by molar-refractivity contribution is 5.98. The van der Waals surface area contributed by atoms with Crippen molar-refractivity contribution in [1.82, 2.24) is 10.2 Å². The van der Waals surface area contributed by atoms with E-state index < -0.39 is 18.6 Å². The molecule has 2 aromatic rings. The fraction of sp³-hybridized carbons (Fsp3) is 0.391. The first-order valence-electron chi connectivity index (χ1n) is 10.4. The lowest BCUT2D eigenvalue weighted by molar-refractivity contribution is -0.134. The molecule has 1 fully saturated rings. The van der Waals surface area contributed by atoms with Crippen molar-refractivity contribution >= 4 is 17.5 Å². The van der Waals surface area contributed by atoms with Gasteiger partial charge in [-0.3, -0.25) is 9.59 Å². The molecule has 0 saturated carbocycles. The van der Waals surface area contributed by atoms with Crippen LogP contribution in [0.3, 0.4) is 0 Å². The van der Waals surface area contributed by atoms with Crippen molar-refractivity contribution < 1.29 is 33.3 Å². The number of carbonyl (C=O) groups is 2. The Bertz CT molecular complexity index is 952. The van der Waals surface area contributed by atoms with Gasteiger partial charge in [0, 0.05) is 37.4 Å². The lowest BCUT2D eigenvalue weighted by atomic mass is 10.1. The number of aliphatic hydroxyl groups excluding tert-OH is 1. The van der Waals surface area contributed by atoms with Crippen molar-refractivity contribution in [1.29, 1.82) is 0 Å². The highest BCUT2D eigenvalue weighted by atomic mass is 19.1. The molecule has 0 spiro atoms. The fourth-order valence-corrected chi connectivity index (χ4v) is 3.70. The Morgan fingerprint density at radius 1 is 1.00 bits per heavy atom. The van der Waals surface area contributed by atoms with Crippen molar-refractivity contribution in [2.45, 2.75) is 6.04 Å². The molecule has 9 nitrogen and oxygen atoms in total. The van der Waals surface area contributed by atoms with Gasteiger partial charge in [0.1, 0.15) is 11.9 Å². The Kier molecular flexibility index (Phi) is 7.94. The Balaban J connectivity index is 1.65. The van der Waals surface area contributed by atoms with Crippen LogP contribution in [0.1, 0.15) is 10.4 Å². The molecule has 0 bridgehead atoms. The molecule has 1 aliphatic rings. The van der Waals surface area contributed by atoms with E-state index in [1.165, 1.54) is 45.6 Å². The average molecular weight is 461 g/mol. The van der Waals surface area contributed by atoms with Gasteiger partial charge in [-0.1, -0.05) is 0 Å². The second-order valence-electron chi connectivity index (χ2n) is 7.41. The van der Waals surface area contributed by atoms with Crippen molar-refractivity contribution in [3.63, 3.8) is 0 Å². The van der Waals surface area contributed by atoms with Gasteiger partial charge < -0.3 is 34.4 Å². The molecule has 2 amide bonds. The molecule has 178 valence electrons. The van der Waals surface area contributed by atoms with E-state index in [-0.39, 0.29) is 17.3 Å². The zero-order valence-electron chi connectivity index (χ0n) is 18.8. The molecule has 1 saturated heterocycles. The van der Waals surface area contributed by atoms with Crippen LogP contribution >= 0.6 is 0 Å². The standard InChI is InChI=1S/C23H28FN3O6/c1-31-19-12-15(13-20(32-2)21(19)33-3)22(29)25-18(14-28)23(30)27-10-8-26(9-11-27)17-6-4-16(24)5-7-17/h4-7,12-13,18,28H,8-11,14H2,1-3H3,(H,25,29). The minimum atomic E-state index is -1.10. The largest absolute Gasteiger partial charge is 0.493 e. The van der Waals surface area contributed by atoms with E-state index in [2.05, 4.69) is 5.32 Å². The molecule has 2 aromatic carbocycles. The number of rotatable bonds is 8. The SMILES string of the molecule is COc1cc(C(=O)NC(CO)C(=O)N2CCN(c3ccc(F)cc3)CC2)cc(OC)c1OC. The number of benzene rings is 2. The Morgan fingerprint density at radius 2 is 1.58 bits per heavy atom. The van der Waals surface area contributed by atoms with Gasteiger partial charge in [0.2, 0.25) is 11.7 Å². The number of halogens is 1. The van der Waals surface area contributed by atoms with Crippen molar-refractivity contribution in [2.24, 2.45) is 0 Å². The topological polar surface area (TPSA) is 101 Å². The third-order valence-electron chi connectivity index (χ3n) is 5.50. The van der Waals surface area contributed by atoms with E-state index in [0.717, 1.165) is 5.69 Å². The van der Waals surface area contributed by atoms with Crippen LogP contribution in [0.2, 0.25) is 0 Å².